The first-order valence-corrected chi connectivity index (χ1v) is 8.33. The molecule has 0 aliphatic carbocycles. The third kappa shape index (κ3) is 3.69. The molecule has 7 heteroatoms. The summed E-state index contributed by atoms with van der Waals surface area (Å²) in [6, 6.07) is 3.34. The molecule has 0 spiro atoms. The molecule has 0 N–H and O–H groups in total. The van der Waals surface area contributed by atoms with Crippen LogP contribution in [0.15, 0.2) is 17.0 Å². The van der Waals surface area contributed by atoms with E-state index in [-0.39, 0.29) is 5.75 Å². The Morgan fingerprint density at radius 1 is 1.29 bits per heavy atom. The first-order valence-electron chi connectivity index (χ1n) is 4.63. The molecule has 0 atom stereocenters. The monoisotopic (exact) mass is 296 g/mol. The quantitative estimate of drug-likeness (QED) is 0.617. The summed E-state index contributed by atoms with van der Waals surface area (Å²) < 4.78 is 32.6. The summed E-state index contributed by atoms with van der Waals surface area (Å²) in [5.41, 5.74) is 0.602. The molecule has 1 aromatic carbocycles. The molecule has 0 fully saturated rings. The molecule has 0 bridgehead atoms. The number of benzene rings is 1. The van der Waals surface area contributed by atoms with E-state index >= 15 is 0 Å². The van der Waals surface area contributed by atoms with Crippen molar-refractivity contribution in [3.63, 3.8) is 0 Å². The summed E-state index contributed by atoms with van der Waals surface area (Å²) in [6.45, 7) is 0. The smallest absolute Gasteiger partial charge is 0.236 e. The molecule has 0 aliphatic heterocycles. The summed E-state index contributed by atoms with van der Waals surface area (Å²) in [5, 5.41) is 0. The second-order valence-electron chi connectivity index (χ2n) is 3.18. The molecular weight excluding hydrogens is 284 g/mol. The molecule has 0 radical (unpaired) electrons. The van der Waals surface area contributed by atoms with Gasteiger partial charge in [-0.25, -0.2) is 8.42 Å². The van der Waals surface area contributed by atoms with E-state index in [4.69, 9.17) is 20.2 Å². The fourth-order valence-electron chi connectivity index (χ4n) is 1.46. The van der Waals surface area contributed by atoms with Crippen molar-refractivity contribution in [2.24, 2.45) is 0 Å². The zero-order valence-electron chi connectivity index (χ0n) is 9.69. The van der Waals surface area contributed by atoms with Gasteiger partial charge in [0, 0.05) is 10.7 Å². The van der Waals surface area contributed by atoms with Crippen molar-refractivity contribution in [3.05, 3.63) is 17.7 Å². The van der Waals surface area contributed by atoms with Crippen LogP contribution < -0.4 is 9.47 Å². The number of rotatable bonds is 5. The standard InChI is InChI=1S/C10H13ClO4S2/c1-14-8-5-4-7(6-17(11,12)13)10(16-3)9(8)15-2/h4-5H,6H2,1-3H3. The third-order valence-corrected chi connectivity index (χ3v) is 3.95. The van der Waals surface area contributed by atoms with Crippen LogP contribution in [0.1, 0.15) is 5.56 Å². The Morgan fingerprint density at radius 3 is 2.35 bits per heavy atom. The van der Waals surface area contributed by atoms with Crippen LogP contribution >= 0.6 is 22.4 Å². The van der Waals surface area contributed by atoms with Gasteiger partial charge in [-0.3, -0.25) is 0 Å². The molecule has 0 aliphatic rings. The minimum Gasteiger partial charge on any atom is -0.493 e. The van der Waals surface area contributed by atoms with Crippen molar-refractivity contribution in [1.29, 1.82) is 0 Å². The molecule has 17 heavy (non-hydrogen) atoms. The number of thioether (sulfide) groups is 1. The van der Waals surface area contributed by atoms with E-state index in [0.29, 0.717) is 17.1 Å². The average Bonchev–Trinajstić information content (AvgIpc) is 2.26. The van der Waals surface area contributed by atoms with Crippen LogP contribution in [-0.2, 0) is 14.8 Å². The maximum Gasteiger partial charge on any atom is 0.236 e. The number of hydrogen-bond donors (Lipinski definition) is 0. The van der Waals surface area contributed by atoms with Gasteiger partial charge in [0.05, 0.1) is 24.9 Å². The fourth-order valence-corrected chi connectivity index (χ4v) is 3.29. The molecule has 1 aromatic rings. The van der Waals surface area contributed by atoms with Crippen molar-refractivity contribution in [1.82, 2.24) is 0 Å². The van der Waals surface area contributed by atoms with E-state index in [0.717, 1.165) is 4.90 Å². The van der Waals surface area contributed by atoms with Crippen molar-refractivity contribution >= 4 is 31.5 Å². The number of hydrogen-bond acceptors (Lipinski definition) is 5. The van der Waals surface area contributed by atoms with Gasteiger partial charge in [-0.05, 0) is 17.9 Å². The van der Waals surface area contributed by atoms with Gasteiger partial charge in [-0.1, -0.05) is 6.07 Å². The largest absolute Gasteiger partial charge is 0.493 e. The van der Waals surface area contributed by atoms with E-state index < -0.39 is 9.05 Å². The van der Waals surface area contributed by atoms with Crippen LogP contribution in [0.2, 0.25) is 0 Å². The predicted octanol–water partition coefficient (Wildman–Crippen LogP) is 2.49. The normalized spacial score (nSPS) is 11.3. The number of halogens is 1. The molecule has 0 saturated heterocycles. The molecule has 4 nitrogen and oxygen atoms in total. The lowest BCUT2D eigenvalue weighted by Gasteiger charge is -2.14. The van der Waals surface area contributed by atoms with Gasteiger partial charge in [-0.15, -0.1) is 11.8 Å². The van der Waals surface area contributed by atoms with Crippen LogP contribution in [0, 0.1) is 0 Å². The lowest BCUT2D eigenvalue weighted by atomic mass is 10.2. The van der Waals surface area contributed by atoms with E-state index in [1.54, 1.807) is 12.1 Å². The first-order chi connectivity index (χ1) is 7.92. The molecular formula is C10H13ClO4S2. The van der Waals surface area contributed by atoms with Crippen molar-refractivity contribution in [2.45, 2.75) is 10.6 Å². The fraction of sp³-hybridized carbons (Fsp3) is 0.400. The zero-order chi connectivity index (χ0) is 13.1. The van der Waals surface area contributed by atoms with Crippen LogP contribution in [-0.4, -0.2) is 28.9 Å². The lowest BCUT2D eigenvalue weighted by molar-refractivity contribution is 0.347. The van der Waals surface area contributed by atoms with Gasteiger partial charge in [0.2, 0.25) is 9.05 Å². The Kier molecular flexibility index (Phi) is 4.97. The van der Waals surface area contributed by atoms with Gasteiger partial charge in [0.15, 0.2) is 11.5 Å². The minimum atomic E-state index is -3.59. The van der Waals surface area contributed by atoms with Gasteiger partial charge in [-0.2, -0.15) is 0 Å². The highest BCUT2D eigenvalue weighted by Crippen LogP contribution is 2.39. The molecule has 0 heterocycles. The molecule has 96 valence electrons. The summed E-state index contributed by atoms with van der Waals surface area (Å²) in [6.07, 6.45) is 1.83. The molecule has 0 unspecified atom stereocenters. The molecule has 0 amide bonds. The van der Waals surface area contributed by atoms with E-state index in [2.05, 4.69) is 0 Å². The maximum atomic E-state index is 11.1. The number of methoxy groups -OCH3 is 2. The molecule has 0 saturated carbocycles. The van der Waals surface area contributed by atoms with Gasteiger partial charge in [0.1, 0.15) is 0 Å². The van der Waals surface area contributed by atoms with Gasteiger partial charge >= 0.3 is 0 Å². The highest BCUT2D eigenvalue weighted by Gasteiger charge is 2.17. The minimum absolute atomic E-state index is 0.231. The first kappa shape index (κ1) is 14.5. The Morgan fingerprint density at radius 2 is 1.94 bits per heavy atom. The van der Waals surface area contributed by atoms with Crippen LogP contribution in [0.4, 0.5) is 0 Å². The van der Waals surface area contributed by atoms with Gasteiger partial charge in [0.25, 0.3) is 0 Å². The Hall–Kier alpha value is -0.590. The van der Waals surface area contributed by atoms with Crippen LogP contribution in [0.3, 0.4) is 0 Å². The van der Waals surface area contributed by atoms with E-state index in [9.17, 15) is 8.42 Å². The average molecular weight is 297 g/mol. The van der Waals surface area contributed by atoms with E-state index in [1.165, 1.54) is 26.0 Å². The van der Waals surface area contributed by atoms with Crippen molar-refractivity contribution in [2.75, 3.05) is 20.5 Å². The zero-order valence-corrected chi connectivity index (χ0v) is 12.1. The summed E-state index contributed by atoms with van der Waals surface area (Å²) in [5.74, 6) is 0.857. The highest BCUT2D eigenvalue weighted by molar-refractivity contribution is 8.13. The second-order valence-corrected chi connectivity index (χ2v) is 6.77. The summed E-state index contributed by atoms with van der Waals surface area (Å²) in [7, 11) is 4.70. The Balaban J connectivity index is 3.33. The summed E-state index contributed by atoms with van der Waals surface area (Å²) in [4.78, 5) is 0.719. The van der Waals surface area contributed by atoms with E-state index in [1.807, 2.05) is 6.26 Å². The maximum absolute atomic E-state index is 11.1. The highest BCUT2D eigenvalue weighted by atomic mass is 35.7. The second kappa shape index (κ2) is 5.84. The third-order valence-electron chi connectivity index (χ3n) is 2.11. The molecule has 0 aromatic heterocycles. The number of ether oxygens (including phenoxy) is 2. The van der Waals surface area contributed by atoms with Crippen LogP contribution in [0.5, 0.6) is 11.5 Å². The Bertz CT molecular complexity index is 499. The van der Waals surface area contributed by atoms with Crippen molar-refractivity contribution in [3.8, 4) is 11.5 Å². The SMILES string of the molecule is COc1ccc(CS(=O)(=O)Cl)c(SC)c1OC. The van der Waals surface area contributed by atoms with Crippen molar-refractivity contribution < 1.29 is 17.9 Å². The predicted molar refractivity (Wildman–Crippen MR) is 69.8 cm³/mol. The lowest BCUT2D eigenvalue weighted by Crippen LogP contribution is -2.00. The van der Waals surface area contributed by atoms with Crippen LogP contribution in [0.25, 0.3) is 0 Å². The Labute approximate surface area is 110 Å². The molecule has 1 rings (SSSR count). The van der Waals surface area contributed by atoms with Gasteiger partial charge < -0.3 is 9.47 Å². The topological polar surface area (TPSA) is 52.6 Å². The summed E-state index contributed by atoms with van der Waals surface area (Å²) >= 11 is 1.39.